The molecule has 4 atom stereocenters. The van der Waals surface area contributed by atoms with E-state index in [1.54, 1.807) is 38.1 Å². The minimum atomic E-state index is -4.77. The first kappa shape index (κ1) is 28.9. The van der Waals surface area contributed by atoms with Crippen LogP contribution in [0.3, 0.4) is 0 Å². The quantitative estimate of drug-likeness (QED) is 0.343. The van der Waals surface area contributed by atoms with Gasteiger partial charge in [0.15, 0.2) is 18.0 Å². The Labute approximate surface area is 225 Å². The van der Waals surface area contributed by atoms with E-state index in [1.165, 1.54) is 24.3 Å². The smallest absolute Gasteiger partial charge is 0.395 e. The highest BCUT2D eigenvalue weighted by Crippen LogP contribution is 2.52. The standard InChI is InChI=1S/C24H24ClF3N3O7P/c1-13-3-7-15(8-4-13)37-39(34,38-16-9-5-14(2)6-10-16)35-12-24(22(27)28)19(26)18(32)21(36-24)31-11-17(25)20(29)30-23(31)33/h3-11,18-19,21-22,32H,12H2,1-2H3,(H2,29,30,33)/t18-,19-,21-,24-/m1/s1. The molecule has 1 saturated heterocycles. The molecule has 2 heterocycles. The summed E-state index contributed by atoms with van der Waals surface area (Å²) in [7, 11) is -4.77. The number of benzene rings is 2. The Kier molecular flexibility index (Phi) is 8.29. The third kappa shape index (κ3) is 6.07. The van der Waals surface area contributed by atoms with E-state index in [0.29, 0.717) is 4.57 Å². The van der Waals surface area contributed by atoms with Gasteiger partial charge in [0.25, 0.3) is 6.43 Å². The van der Waals surface area contributed by atoms with E-state index in [9.17, 15) is 23.2 Å². The number of phosphoric ester groups is 1. The lowest BCUT2D eigenvalue weighted by molar-refractivity contribution is -0.184. The molecule has 1 fully saturated rings. The SMILES string of the molecule is Cc1ccc(OP(=O)(OC[C@@]2(C(F)F)O[C@@H](n3cc(Cl)c(N)nc3=O)[C@H](O)[C@H]2F)Oc2ccc(C)cc2)cc1. The molecule has 15 heteroatoms. The first-order valence-electron chi connectivity index (χ1n) is 11.4. The van der Waals surface area contributed by atoms with Crippen LogP contribution in [-0.2, 0) is 13.8 Å². The van der Waals surface area contributed by atoms with Crippen LogP contribution >= 0.6 is 19.4 Å². The van der Waals surface area contributed by atoms with Gasteiger partial charge in [-0.1, -0.05) is 47.0 Å². The van der Waals surface area contributed by atoms with Crippen LogP contribution in [-0.4, -0.2) is 45.6 Å². The lowest BCUT2D eigenvalue weighted by atomic mass is 9.98. The zero-order valence-electron chi connectivity index (χ0n) is 20.5. The van der Waals surface area contributed by atoms with Gasteiger partial charge < -0.3 is 24.6 Å². The molecule has 0 amide bonds. The molecule has 0 saturated carbocycles. The van der Waals surface area contributed by atoms with Crippen LogP contribution in [0, 0.1) is 13.8 Å². The van der Waals surface area contributed by atoms with Crippen molar-refractivity contribution in [3.05, 3.63) is 81.4 Å². The van der Waals surface area contributed by atoms with Crippen molar-refractivity contribution in [3.63, 3.8) is 0 Å². The third-order valence-electron chi connectivity index (χ3n) is 5.90. The average Bonchev–Trinajstić information content (AvgIpc) is 3.14. The Morgan fingerprint density at radius 1 is 1.13 bits per heavy atom. The van der Waals surface area contributed by atoms with Crippen LogP contribution in [0.2, 0.25) is 5.02 Å². The summed E-state index contributed by atoms with van der Waals surface area (Å²) in [5.74, 6) is -0.343. The number of aliphatic hydroxyl groups excluding tert-OH is 1. The first-order valence-corrected chi connectivity index (χ1v) is 13.3. The number of aryl methyl sites for hydroxylation is 2. The number of hydrogen-bond donors (Lipinski definition) is 2. The van der Waals surface area contributed by atoms with Crippen molar-refractivity contribution in [2.45, 2.75) is 44.4 Å². The number of rotatable bonds is 9. The fourth-order valence-corrected chi connectivity index (χ4v) is 5.12. The number of nitrogen functional groups attached to an aromatic ring is 1. The van der Waals surface area contributed by atoms with Crippen LogP contribution in [0.4, 0.5) is 19.0 Å². The molecule has 0 radical (unpaired) electrons. The second-order valence-electron chi connectivity index (χ2n) is 8.85. The molecule has 3 N–H and O–H groups in total. The third-order valence-corrected chi connectivity index (χ3v) is 7.51. The van der Waals surface area contributed by atoms with Crippen molar-refractivity contribution >= 4 is 25.2 Å². The van der Waals surface area contributed by atoms with Crippen molar-refractivity contribution in [3.8, 4) is 11.5 Å². The van der Waals surface area contributed by atoms with E-state index in [2.05, 4.69) is 4.98 Å². The Morgan fingerprint density at radius 2 is 1.64 bits per heavy atom. The molecule has 1 aliphatic rings. The minimum Gasteiger partial charge on any atom is -0.395 e. The van der Waals surface area contributed by atoms with Gasteiger partial charge in [-0.15, -0.1) is 0 Å². The van der Waals surface area contributed by atoms with Crippen LogP contribution in [0.5, 0.6) is 11.5 Å². The summed E-state index contributed by atoms with van der Waals surface area (Å²) >= 11 is 5.86. The van der Waals surface area contributed by atoms with Crippen molar-refractivity contribution in [2.75, 3.05) is 12.3 Å². The van der Waals surface area contributed by atoms with Gasteiger partial charge in [0.1, 0.15) is 23.4 Å². The van der Waals surface area contributed by atoms with Crippen molar-refractivity contribution in [2.24, 2.45) is 0 Å². The van der Waals surface area contributed by atoms with Crippen molar-refractivity contribution < 1.29 is 41.2 Å². The van der Waals surface area contributed by atoms with E-state index in [-0.39, 0.29) is 22.3 Å². The Morgan fingerprint density at radius 3 is 2.13 bits per heavy atom. The predicted molar refractivity (Wildman–Crippen MR) is 135 cm³/mol. The van der Waals surface area contributed by atoms with Crippen molar-refractivity contribution in [1.82, 2.24) is 9.55 Å². The first-order chi connectivity index (χ1) is 18.3. The Balaban J connectivity index is 1.65. The number of nitrogens with two attached hydrogens (primary N) is 1. The molecule has 0 aliphatic carbocycles. The number of aromatic nitrogens is 2. The molecule has 1 aromatic heterocycles. The van der Waals surface area contributed by atoms with Gasteiger partial charge in [-0.25, -0.2) is 22.5 Å². The number of alkyl halides is 3. The van der Waals surface area contributed by atoms with E-state index in [1.807, 2.05) is 0 Å². The van der Waals surface area contributed by atoms with Crippen LogP contribution in [0.25, 0.3) is 0 Å². The van der Waals surface area contributed by atoms with Crippen LogP contribution in [0.1, 0.15) is 17.4 Å². The zero-order valence-corrected chi connectivity index (χ0v) is 22.2. The second kappa shape index (κ2) is 11.2. The highest BCUT2D eigenvalue weighted by Gasteiger charge is 2.63. The van der Waals surface area contributed by atoms with Gasteiger partial charge in [0.2, 0.25) is 0 Å². The van der Waals surface area contributed by atoms with E-state index < -0.39 is 50.6 Å². The molecular formula is C24H24ClF3N3O7P. The van der Waals surface area contributed by atoms with Crippen LogP contribution in [0.15, 0.2) is 59.5 Å². The number of phosphoric acid groups is 1. The van der Waals surface area contributed by atoms with E-state index >= 15 is 4.39 Å². The highest BCUT2D eigenvalue weighted by atomic mass is 35.5. The Hall–Kier alpha value is -3.09. The predicted octanol–water partition coefficient (Wildman–Crippen LogP) is 4.61. The number of hydrogen-bond acceptors (Lipinski definition) is 9. The van der Waals surface area contributed by atoms with Crippen LogP contribution < -0.4 is 20.5 Å². The molecule has 2 aromatic carbocycles. The van der Waals surface area contributed by atoms with Gasteiger partial charge in [-0.2, -0.15) is 4.98 Å². The minimum absolute atomic E-state index is 0.0123. The molecular weight excluding hydrogens is 566 g/mol. The van der Waals surface area contributed by atoms with Gasteiger partial charge in [-0.05, 0) is 38.1 Å². The average molecular weight is 590 g/mol. The fourth-order valence-electron chi connectivity index (χ4n) is 3.71. The monoisotopic (exact) mass is 589 g/mol. The maximum Gasteiger partial charge on any atom is 0.587 e. The van der Waals surface area contributed by atoms with E-state index in [4.69, 9.17) is 35.6 Å². The largest absolute Gasteiger partial charge is 0.587 e. The summed E-state index contributed by atoms with van der Waals surface area (Å²) in [5, 5.41) is 10.2. The molecule has 3 aromatic rings. The second-order valence-corrected chi connectivity index (χ2v) is 10.8. The normalized spacial score (nSPS) is 23.2. The number of nitrogens with zero attached hydrogens (tertiary/aromatic N) is 2. The molecule has 0 unspecified atom stereocenters. The molecule has 10 nitrogen and oxygen atoms in total. The molecule has 39 heavy (non-hydrogen) atoms. The van der Waals surface area contributed by atoms with Gasteiger partial charge in [0.05, 0.1) is 11.6 Å². The van der Waals surface area contributed by atoms with Crippen molar-refractivity contribution in [1.29, 1.82) is 0 Å². The van der Waals surface area contributed by atoms with Gasteiger partial charge in [0, 0.05) is 6.20 Å². The maximum atomic E-state index is 15.4. The zero-order chi connectivity index (χ0) is 28.5. The molecule has 1 aliphatic heterocycles. The Bertz CT molecular complexity index is 1380. The molecule has 4 rings (SSSR count). The summed E-state index contributed by atoms with van der Waals surface area (Å²) in [6, 6.07) is 12.3. The number of anilines is 1. The molecule has 210 valence electrons. The lowest BCUT2D eigenvalue weighted by Crippen LogP contribution is -2.50. The lowest BCUT2D eigenvalue weighted by Gasteiger charge is -2.30. The van der Waals surface area contributed by atoms with Gasteiger partial charge >= 0.3 is 13.5 Å². The summed E-state index contributed by atoms with van der Waals surface area (Å²) in [5.41, 5.74) is 2.82. The number of aliphatic hydroxyl groups is 1. The topological polar surface area (TPSA) is 135 Å². The summed E-state index contributed by atoms with van der Waals surface area (Å²) in [6.45, 7) is 2.19. The number of halogens is 4. The maximum absolute atomic E-state index is 15.4. The van der Waals surface area contributed by atoms with E-state index in [0.717, 1.165) is 17.3 Å². The molecule has 0 spiro atoms. The summed E-state index contributed by atoms with van der Waals surface area (Å²) < 4.78 is 79.6. The highest BCUT2D eigenvalue weighted by molar-refractivity contribution is 7.49. The number of ether oxygens (including phenoxy) is 1. The summed E-state index contributed by atoms with van der Waals surface area (Å²) in [4.78, 5) is 15.7. The van der Waals surface area contributed by atoms with Gasteiger partial charge in [-0.3, -0.25) is 9.09 Å². The molecule has 0 bridgehead atoms. The fraction of sp³-hybridized carbons (Fsp3) is 0.333. The summed E-state index contributed by atoms with van der Waals surface area (Å²) in [6.07, 6.45) is -9.88.